The van der Waals surface area contributed by atoms with Crippen molar-refractivity contribution in [3.63, 3.8) is 0 Å². The molecule has 0 unspecified atom stereocenters. The van der Waals surface area contributed by atoms with Crippen LogP contribution in [0.3, 0.4) is 0 Å². The summed E-state index contributed by atoms with van der Waals surface area (Å²) in [6.07, 6.45) is 3.75. The van der Waals surface area contributed by atoms with Gasteiger partial charge in [0.05, 0.1) is 13.2 Å². The fourth-order valence-corrected chi connectivity index (χ4v) is 1.73. The standard InChI is InChI=1S/C15H18FNO/c16-15-10-13(2-1-8-17)5-6-14(15)11-18-9-7-12-3-4-12/h5-6,10,12H,3-4,7-9,11,17H2. The van der Waals surface area contributed by atoms with Crippen molar-refractivity contribution in [3.8, 4) is 11.8 Å². The summed E-state index contributed by atoms with van der Waals surface area (Å²) in [6, 6.07) is 4.96. The molecule has 0 radical (unpaired) electrons. The van der Waals surface area contributed by atoms with Gasteiger partial charge in [-0.25, -0.2) is 4.39 Å². The predicted octanol–water partition coefficient (Wildman–Crippen LogP) is 2.45. The van der Waals surface area contributed by atoms with Crippen LogP contribution in [0.1, 0.15) is 30.4 Å². The Morgan fingerprint density at radius 3 is 2.89 bits per heavy atom. The van der Waals surface area contributed by atoms with Crippen molar-refractivity contribution >= 4 is 0 Å². The highest BCUT2D eigenvalue weighted by atomic mass is 19.1. The van der Waals surface area contributed by atoms with Crippen molar-refractivity contribution in [1.82, 2.24) is 0 Å². The Kier molecular flexibility index (Phi) is 4.74. The number of nitrogens with two attached hydrogens (primary N) is 1. The van der Waals surface area contributed by atoms with Gasteiger partial charge in [0.25, 0.3) is 0 Å². The van der Waals surface area contributed by atoms with Crippen LogP contribution in [-0.2, 0) is 11.3 Å². The van der Waals surface area contributed by atoms with Crippen molar-refractivity contribution in [3.05, 3.63) is 35.1 Å². The molecule has 1 aromatic carbocycles. The van der Waals surface area contributed by atoms with Crippen LogP contribution in [0.15, 0.2) is 18.2 Å². The Hall–Kier alpha value is -1.37. The molecule has 0 aliphatic heterocycles. The fraction of sp³-hybridized carbons (Fsp3) is 0.467. The smallest absolute Gasteiger partial charge is 0.129 e. The normalized spacial score (nSPS) is 14.1. The largest absolute Gasteiger partial charge is 0.377 e. The van der Waals surface area contributed by atoms with Gasteiger partial charge in [0.2, 0.25) is 0 Å². The maximum absolute atomic E-state index is 13.7. The third-order valence-electron chi connectivity index (χ3n) is 3.01. The second-order valence-corrected chi connectivity index (χ2v) is 4.60. The zero-order valence-electron chi connectivity index (χ0n) is 10.4. The summed E-state index contributed by atoms with van der Waals surface area (Å²) in [7, 11) is 0. The van der Waals surface area contributed by atoms with Gasteiger partial charge in [-0.2, -0.15) is 0 Å². The second kappa shape index (κ2) is 6.53. The zero-order valence-corrected chi connectivity index (χ0v) is 10.4. The molecule has 0 aromatic heterocycles. The topological polar surface area (TPSA) is 35.2 Å². The monoisotopic (exact) mass is 247 g/mol. The van der Waals surface area contributed by atoms with Gasteiger partial charge in [-0.15, -0.1) is 0 Å². The quantitative estimate of drug-likeness (QED) is 0.640. The van der Waals surface area contributed by atoms with Crippen molar-refractivity contribution in [2.75, 3.05) is 13.2 Å². The SMILES string of the molecule is NCC#Cc1ccc(COCCC2CC2)c(F)c1. The average molecular weight is 247 g/mol. The molecule has 0 atom stereocenters. The average Bonchev–Trinajstić information content (AvgIpc) is 3.18. The molecular formula is C15H18FNO. The molecule has 3 heteroatoms. The summed E-state index contributed by atoms with van der Waals surface area (Å²) >= 11 is 0. The van der Waals surface area contributed by atoms with Crippen LogP contribution in [0.25, 0.3) is 0 Å². The van der Waals surface area contributed by atoms with Crippen molar-refractivity contribution in [2.45, 2.75) is 25.9 Å². The van der Waals surface area contributed by atoms with Crippen LogP contribution in [-0.4, -0.2) is 13.2 Å². The first-order valence-corrected chi connectivity index (χ1v) is 6.34. The molecule has 2 N–H and O–H groups in total. The summed E-state index contributed by atoms with van der Waals surface area (Å²) in [6.45, 7) is 1.34. The van der Waals surface area contributed by atoms with Crippen molar-refractivity contribution in [2.24, 2.45) is 11.7 Å². The van der Waals surface area contributed by atoms with E-state index in [2.05, 4.69) is 11.8 Å². The van der Waals surface area contributed by atoms with E-state index in [4.69, 9.17) is 10.5 Å². The molecule has 0 heterocycles. The van der Waals surface area contributed by atoms with E-state index in [0.717, 1.165) is 18.9 Å². The molecule has 2 nitrogen and oxygen atoms in total. The molecule has 0 amide bonds. The predicted molar refractivity (Wildman–Crippen MR) is 69.3 cm³/mol. The molecule has 1 aliphatic rings. The van der Waals surface area contributed by atoms with E-state index in [1.54, 1.807) is 12.1 Å². The molecule has 0 bridgehead atoms. The Morgan fingerprint density at radius 2 is 2.22 bits per heavy atom. The Morgan fingerprint density at radius 1 is 1.39 bits per heavy atom. The number of ether oxygens (including phenoxy) is 1. The molecule has 18 heavy (non-hydrogen) atoms. The summed E-state index contributed by atoms with van der Waals surface area (Å²) in [5.41, 5.74) is 6.51. The molecule has 1 aliphatic carbocycles. The van der Waals surface area contributed by atoms with Gasteiger partial charge in [-0.3, -0.25) is 0 Å². The molecular weight excluding hydrogens is 229 g/mol. The molecule has 1 saturated carbocycles. The van der Waals surface area contributed by atoms with E-state index in [-0.39, 0.29) is 12.4 Å². The van der Waals surface area contributed by atoms with Crippen LogP contribution in [0, 0.1) is 23.6 Å². The van der Waals surface area contributed by atoms with E-state index in [9.17, 15) is 4.39 Å². The number of halogens is 1. The van der Waals surface area contributed by atoms with Gasteiger partial charge < -0.3 is 10.5 Å². The van der Waals surface area contributed by atoms with E-state index < -0.39 is 0 Å². The number of benzene rings is 1. The van der Waals surface area contributed by atoms with Gasteiger partial charge in [-0.1, -0.05) is 30.7 Å². The molecule has 1 aromatic rings. The van der Waals surface area contributed by atoms with Gasteiger partial charge in [0, 0.05) is 17.7 Å². The van der Waals surface area contributed by atoms with Crippen molar-refractivity contribution < 1.29 is 9.13 Å². The molecule has 0 saturated heterocycles. The van der Waals surface area contributed by atoms with E-state index in [1.165, 1.54) is 18.9 Å². The number of hydrogen-bond donors (Lipinski definition) is 1. The third kappa shape index (κ3) is 4.14. The maximum Gasteiger partial charge on any atom is 0.129 e. The van der Waals surface area contributed by atoms with Crippen LogP contribution in [0.2, 0.25) is 0 Å². The van der Waals surface area contributed by atoms with E-state index in [0.29, 0.717) is 17.7 Å². The molecule has 96 valence electrons. The second-order valence-electron chi connectivity index (χ2n) is 4.60. The first-order chi connectivity index (χ1) is 8.79. The summed E-state index contributed by atoms with van der Waals surface area (Å²) in [5, 5.41) is 0. The Bertz CT molecular complexity index is 457. The Labute approximate surface area is 107 Å². The van der Waals surface area contributed by atoms with Gasteiger partial charge >= 0.3 is 0 Å². The molecule has 2 rings (SSSR count). The summed E-state index contributed by atoms with van der Waals surface area (Å²) < 4.78 is 19.2. The lowest BCUT2D eigenvalue weighted by Crippen LogP contribution is -1.99. The maximum atomic E-state index is 13.7. The first-order valence-electron chi connectivity index (χ1n) is 6.34. The third-order valence-corrected chi connectivity index (χ3v) is 3.01. The highest BCUT2D eigenvalue weighted by Gasteiger charge is 2.20. The molecule has 0 spiro atoms. The lowest BCUT2D eigenvalue weighted by molar-refractivity contribution is 0.113. The summed E-state index contributed by atoms with van der Waals surface area (Å²) in [5.74, 6) is 6.10. The van der Waals surface area contributed by atoms with Crippen LogP contribution >= 0.6 is 0 Å². The molecule has 1 fully saturated rings. The number of rotatable bonds is 5. The lowest BCUT2D eigenvalue weighted by atomic mass is 10.1. The number of hydrogen-bond acceptors (Lipinski definition) is 2. The first kappa shape index (κ1) is 13.1. The van der Waals surface area contributed by atoms with Crippen LogP contribution in [0.5, 0.6) is 0 Å². The fourth-order valence-electron chi connectivity index (χ4n) is 1.73. The minimum absolute atomic E-state index is 0.259. The lowest BCUT2D eigenvalue weighted by Gasteiger charge is -2.05. The Balaban J connectivity index is 1.83. The summed E-state index contributed by atoms with van der Waals surface area (Å²) in [4.78, 5) is 0. The van der Waals surface area contributed by atoms with Crippen molar-refractivity contribution in [1.29, 1.82) is 0 Å². The van der Waals surface area contributed by atoms with Crippen LogP contribution in [0.4, 0.5) is 4.39 Å². The minimum Gasteiger partial charge on any atom is -0.377 e. The van der Waals surface area contributed by atoms with Gasteiger partial charge in [0.15, 0.2) is 0 Å². The highest BCUT2D eigenvalue weighted by molar-refractivity contribution is 5.37. The van der Waals surface area contributed by atoms with E-state index in [1.807, 2.05) is 0 Å². The minimum atomic E-state index is -0.259. The van der Waals surface area contributed by atoms with Gasteiger partial charge in [0.1, 0.15) is 5.82 Å². The highest BCUT2D eigenvalue weighted by Crippen LogP contribution is 2.32. The van der Waals surface area contributed by atoms with Gasteiger partial charge in [-0.05, 0) is 24.5 Å². The van der Waals surface area contributed by atoms with E-state index >= 15 is 0 Å². The zero-order chi connectivity index (χ0) is 12.8. The van der Waals surface area contributed by atoms with Crippen LogP contribution < -0.4 is 5.73 Å².